The molecule has 0 aromatic heterocycles. The van der Waals surface area contributed by atoms with Crippen molar-refractivity contribution in [2.24, 2.45) is 11.8 Å². The second kappa shape index (κ2) is 6.98. The third-order valence-electron chi connectivity index (χ3n) is 3.84. The molecule has 0 heterocycles. The first kappa shape index (κ1) is 17.6. The number of hydrogen-bond acceptors (Lipinski definition) is 2. The smallest absolute Gasteiger partial charge is 0.228 e. The summed E-state index contributed by atoms with van der Waals surface area (Å²) >= 11 is 11.3. The number of amides is 2. The molecule has 2 atom stereocenters. The van der Waals surface area contributed by atoms with E-state index in [-0.39, 0.29) is 21.9 Å². The Morgan fingerprint density at radius 3 is 1.60 bits per heavy atom. The van der Waals surface area contributed by atoms with Gasteiger partial charge in [0, 0.05) is 11.4 Å². The number of rotatable bonds is 4. The van der Waals surface area contributed by atoms with Gasteiger partial charge in [0.1, 0.15) is 11.6 Å². The van der Waals surface area contributed by atoms with Crippen LogP contribution in [0.4, 0.5) is 20.2 Å². The largest absolute Gasteiger partial charge is 0.326 e. The number of benzene rings is 2. The molecule has 1 fully saturated rings. The number of carbonyl (C=O) groups is 2. The highest BCUT2D eigenvalue weighted by atomic mass is 35.5. The molecule has 25 heavy (non-hydrogen) atoms. The van der Waals surface area contributed by atoms with Crippen LogP contribution in [0.3, 0.4) is 0 Å². The van der Waals surface area contributed by atoms with E-state index in [9.17, 15) is 18.4 Å². The fourth-order valence-corrected chi connectivity index (χ4v) is 2.75. The fourth-order valence-electron chi connectivity index (χ4n) is 2.39. The summed E-state index contributed by atoms with van der Waals surface area (Å²) in [4.78, 5) is 24.3. The first-order valence-electron chi connectivity index (χ1n) is 7.37. The molecule has 0 aliphatic heterocycles. The van der Waals surface area contributed by atoms with Gasteiger partial charge in [-0.3, -0.25) is 9.59 Å². The predicted octanol–water partition coefficient (Wildman–Crippen LogP) is 4.48. The van der Waals surface area contributed by atoms with Gasteiger partial charge in [-0.1, -0.05) is 23.2 Å². The Morgan fingerprint density at radius 1 is 0.840 bits per heavy atom. The molecule has 0 bridgehead atoms. The lowest BCUT2D eigenvalue weighted by Gasteiger charge is -2.07. The average molecular weight is 385 g/mol. The number of carbonyl (C=O) groups excluding carboxylic acids is 2. The van der Waals surface area contributed by atoms with Crippen molar-refractivity contribution < 1.29 is 18.4 Å². The van der Waals surface area contributed by atoms with Crippen molar-refractivity contribution in [1.29, 1.82) is 0 Å². The summed E-state index contributed by atoms with van der Waals surface area (Å²) < 4.78 is 26.2. The van der Waals surface area contributed by atoms with Gasteiger partial charge in [-0.25, -0.2) is 8.78 Å². The summed E-state index contributed by atoms with van der Waals surface area (Å²) in [6.07, 6.45) is 0.390. The Kier molecular flexibility index (Phi) is 4.92. The van der Waals surface area contributed by atoms with Gasteiger partial charge in [-0.2, -0.15) is 0 Å². The Balaban J connectivity index is 1.57. The summed E-state index contributed by atoms with van der Waals surface area (Å²) in [6.45, 7) is 0. The predicted molar refractivity (Wildman–Crippen MR) is 91.7 cm³/mol. The van der Waals surface area contributed by atoms with Crippen LogP contribution in [0.2, 0.25) is 10.0 Å². The Hall–Kier alpha value is -2.18. The molecular formula is C17H12Cl2F2N2O2. The van der Waals surface area contributed by atoms with E-state index >= 15 is 0 Å². The first-order chi connectivity index (χ1) is 11.8. The third kappa shape index (κ3) is 4.08. The first-order valence-corrected chi connectivity index (χ1v) is 8.12. The van der Waals surface area contributed by atoms with Crippen LogP contribution in [0.5, 0.6) is 0 Å². The van der Waals surface area contributed by atoms with E-state index in [0.717, 1.165) is 12.1 Å². The molecule has 0 radical (unpaired) electrons. The Morgan fingerprint density at radius 2 is 1.24 bits per heavy atom. The lowest BCUT2D eigenvalue weighted by atomic mass is 10.2. The van der Waals surface area contributed by atoms with Gasteiger partial charge in [-0.15, -0.1) is 0 Å². The molecule has 2 aromatic rings. The third-order valence-corrected chi connectivity index (χ3v) is 4.42. The van der Waals surface area contributed by atoms with Crippen LogP contribution in [-0.4, -0.2) is 11.8 Å². The SMILES string of the molecule is O=C(Nc1ccc(F)c(Cl)c1)C1CC1C(=O)Nc1ccc(F)c(Cl)c1. The fraction of sp³-hybridized carbons (Fsp3) is 0.176. The number of halogens is 4. The molecule has 1 saturated carbocycles. The minimum atomic E-state index is -0.582. The van der Waals surface area contributed by atoms with Crippen molar-refractivity contribution in [3.63, 3.8) is 0 Å². The quantitative estimate of drug-likeness (QED) is 0.815. The van der Waals surface area contributed by atoms with Crippen molar-refractivity contribution in [3.05, 3.63) is 58.1 Å². The molecule has 8 heteroatoms. The zero-order chi connectivity index (χ0) is 18.1. The topological polar surface area (TPSA) is 58.2 Å². The maximum absolute atomic E-state index is 13.1. The van der Waals surface area contributed by atoms with Crippen LogP contribution in [0.1, 0.15) is 6.42 Å². The number of nitrogens with one attached hydrogen (secondary N) is 2. The normalized spacial score (nSPS) is 18.6. The van der Waals surface area contributed by atoms with Crippen molar-refractivity contribution >= 4 is 46.4 Å². The van der Waals surface area contributed by atoms with Crippen LogP contribution in [0.15, 0.2) is 36.4 Å². The molecule has 2 amide bonds. The highest BCUT2D eigenvalue weighted by molar-refractivity contribution is 6.31. The molecule has 4 nitrogen and oxygen atoms in total. The van der Waals surface area contributed by atoms with E-state index in [4.69, 9.17) is 23.2 Å². The maximum atomic E-state index is 13.1. The van der Waals surface area contributed by atoms with Gasteiger partial charge in [0.25, 0.3) is 0 Å². The van der Waals surface area contributed by atoms with Crippen molar-refractivity contribution in [1.82, 2.24) is 0 Å². The molecule has 1 aliphatic carbocycles. The zero-order valence-corrected chi connectivity index (χ0v) is 14.2. The molecule has 1 aliphatic rings. The summed E-state index contributed by atoms with van der Waals surface area (Å²) in [7, 11) is 0. The van der Waals surface area contributed by atoms with Crippen LogP contribution in [0, 0.1) is 23.5 Å². The van der Waals surface area contributed by atoms with E-state index in [1.807, 2.05) is 0 Å². The zero-order valence-electron chi connectivity index (χ0n) is 12.7. The monoisotopic (exact) mass is 384 g/mol. The minimum Gasteiger partial charge on any atom is -0.326 e. The van der Waals surface area contributed by atoms with Gasteiger partial charge < -0.3 is 10.6 Å². The van der Waals surface area contributed by atoms with Crippen LogP contribution < -0.4 is 10.6 Å². The molecule has 2 N–H and O–H groups in total. The van der Waals surface area contributed by atoms with E-state index in [0.29, 0.717) is 17.8 Å². The van der Waals surface area contributed by atoms with Gasteiger partial charge in [0.05, 0.1) is 21.9 Å². The number of anilines is 2. The van der Waals surface area contributed by atoms with Crippen LogP contribution in [0.25, 0.3) is 0 Å². The molecule has 3 rings (SSSR count). The van der Waals surface area contributed by atoms with E-state index < -0.39 is 23.5 Å². The van der Waals surface area contributed by atoms with E-state index in [2.05, 4.69) is 10.6 Å². The standard InChI is InChI=1S/C17H12Cl2F2N2O2/c18-12-5-8(1-3-14(12)20)22-16(24)10-7-11(10)17(25)23-9-2-4-15(21)13(19)6-9/h1-6,10-11H,7H2,(H,22,24)(H,23,25). The molecule has 0 spiro atoms. The Labute approximate surface area is 152 Å². The summed E-state index contributed by atoms with van der Waals surface area (Å²) in [5, 5.41) is 4.99. The van der Waals surface area contributed by atoms with Crippen molar-refractivity contribution in [3.8, 4) is 0 Å². The van der Waals surface area contributed by atoms with Gasteiger partial charge >= 0.3 is 0 Å². The highest BCUT2D eigenvalue weighted by Gasteiger charge is 2.48. The number of hydrogen-bond donors (Lipinski definition) is 2. The van der Waals surface area contributed by atoms with Crippen LogP contribution in [-0.2, 0) is 9.59 Å². The molecule has 2 aromatic carbocycles. The van der Waals surface area contributed by atoms with Gasteiger partial charge in [-0.05, 0) is 42.8 Å². The Bertz CT molecular complexity index is 791. The second-order valence-corrected chi connectivity index (χ2v) is 6.50. The summed E-state index contributed by atoms with van der Waals surface area (Å²) in [6, 6.07) is 7.66. The van der Waals surface area contributed by atoms with Crippen molar-refractivity contribution in [2.45, 2.75) is 6.42 Å². The molecule has 0 saturated heterocycles. The van der Waals surface area contributed by atoms with Crippen LogP contribution >= 0.6 is 23.2 Å². The lowest BCUT2D eigenvalue weighted by molar-refractivity contribution is -0.122. The van der Waals surface area contributed by atoms with E-state index in [1.165, 1.54) is 24.3 Å². The average Bonchev–Trinajstić information content (AvgIpc) is 3.35. The molecule has 2 unspecified atom stereocenters. The highest BCUT2D eigenvalue weighted by Crippen LogP contribution is 2.40. The lowest BCUT2D eigenvalue weighted by Crippen LogP contribution is -2.20. The summed E-state index contributed by atoms with van der Waals surface area (Å²) in [5.74, 6) is -2.83. The second-order valence-electron chi connectivity index (χ2n) is 5.68. The van der Waals surface area contributed by atoms with Gasteiger partial charge in [0.15, 0.2) is 0 Å². The molecule has 130 valence electrons. The molecular weight excluding hydrogens is 373 g/mol. The van der Waals surface area contributed by atoms with E-state index in [1.54, 1.807) is 0 Å². The minimum absolute atomic E-state index is 0.101. The maximum Gasteiger partial charge on any atom is 0.228 e. The summed E-state index contributed by atoms with van der Waals surface area (Å²) in [5.41, 5.74) is 0.709. The van der Waals surface area contributed by atoms with Gasteiger partial charge in [0.2, 0.25) is 11.8 Å². The van der Waals surface area contributed by atoms with Crippen molar-refractivity contribution in [2.75, 3.05) is 10.6 Å².